The van der Waals surface area contributed by atoms with Crippen LogP contribution in [-0.4, -0.2) is 30.6 Å². The van der Waals surface area contributed by atoms with E-state index in [1.165, 1.54) is 0 Å². The first-order chi connectivity index (χ1) is 6.68. The van der Waals surface area contributed by atoms with Crippen molar-refractivity contribution in [3.05, 3.63) is 11.8 Å². The summed E-state index contributed by atoms with van der Waals surface area (Å²) in [5.74, 6) is 0.159. The van der Waals surface area contributed by atoms with Crippen LogP contribution in [-0.2, 0) is 9.84 Å². The van der Waals surface area contributed by atoms with Crippen LogP contribution in [0.15, 0.2) is 11.8 Å². The number of sulfone groups is 1. The highest BCUT2D eigenvalue weighted by Gasteiger charge is 2.21. The van der Waals surface area contributed by atoms with Gasteiger partial charge in [0.25, 0.3) is 0 Å². The molecule has 2 N–H and O–H groups in total. The van der Waals surface area contributed by atoms with Gasteiger partial charge in [-0.15, -0.1) is 0 Å². The van der Waals surface area contributed by atoms with Crippen LogP contribution < -0.4 is 10.6 Å². The van der Waals surface area contributed by atoms with E-state index in [2.05, 4.69) is 10.6 Å². The van der Waals surface area contributed by atoms with Crippen LogP contribution in [0.2, 0.25) is 0 Å². The SMILES string of the molecule is CC(C)(C)NC(=S)NC1=CCS(=O)(=O)C1. The summed E-state index contributed by atoms with van der Waals surface area (Å²) in [6, 6.07) is 0. The molecule has 6 heteroatoms. The van der Waals surface area contributed by atoms with E-state index in [9.17, 15) is 8.42 Å². The van der Waals surface area contributed by atoms with Gasteiger partial charge in [-0.3, -0.25) is 0 Å². The fourth-order valence-corrected chi connectivity index (χ4v) is 2.86. The second-order valence-electron chi connectivity index (χ2n) is 4.61. The van der Waals surface area contributed by atoms with Crippen molar-refractivity contribution in [2.75, 3.05) is 11.5 Å². The lowest BCUT2D eigenvalue weighted by Gasteiger charge is -2.23. The van der Waals surface area contributed by atoms with Crippen LogP contribution in [0.1, 0.15) is 20.8 Å². The summed E-state index contributed by atoms with van der Waals surface area (Å²) in [6.45, 7) is 5.96. The van der Waals surface area contributed by atoms with E-state index < -0.39 is 9.84 Å². The van der Waals surface area contributed by atoms with Crippen molar-refractivity contribution in [1.29, 1.82) is 0 Å². The Bertz CT molecular complexity index is 391. The van der Waals surface area contributed by atoms with E-state index in [-0.39, 0.29) is 17.0 Å². The van der Waals surface area contributed by atoms with Gasteiger partial charge in [-0.1, -0.05) is 0 Å². The van der Waals surface area contributed by atoms with Crippen LogP contribution in [0, 0.1) is 0 Å². The van der Waals surface area contributed by atoms with Gasteiger partial charge in [-0.2, -0.15) is 0 Å². The second kappa shape index (κ2) is 4.09. The fraction of sp³-hybridized carbons (Fsp3) is 0.667. The van der Waals surface area contributed by atoms with Gasteiger partial charge in [0.15, 0.2) is 14.9 Å². The molecule has 4 nitrogen and oxygen atoms in total. The summed E-state index contributed by atoms with van der Waals surface area (Å²) in [5, 5.41) is 6.42. The van der Waals surface area contributed by atoms with Crippen molar-refractivity contribution < 1.29 is 8.42 Å². The molecule has 0 aromatic rings. The van der Waals surface area contributed by atoms with E-state index in [1.54, 1.807) is 6.08 Å². The number of hydrogen-bond acceptors (Lipinski definition) is 3. The zero-order valence-corrected chi connectivity index (χ0v) is 10.8. The van der Waals surface area contributed by atoms with Gasteiger partial charge < -0.3 is 10.6 Å². The van der Waals surface area contributed by atoms with Crippen molar-refractivity contribution in [2.24, 2.45) is 0 Å². The third-order valence-corrected chi connectivity index (χ3v) is 3.35. The number of rotatable bonds is 1. The van der Waals surface area contributed by atoms with Crippen LogP contribution in [0.5, 0.6) is 0 Å². The topological polar surface area (TPSA) is 58.2 Å². The van der Waals surface area contributed by atoms with Gasteiger partial charge in [0.05, 0.1) is 11.5 Å². The molecule has 1 aliphatic rings. The first-order valence-electron chi connectivity index (χ1n) is 4.67. The molecule has 0 saturated carbocycles. The minimum absolute atomic E-state index is 0.0545. The summed E-state index contributed by atoms with van der Waals surface area (Å²) in [5.41, 5.74) is 0.541. The summed E-state index contributed by atoms with van der Waals surface area (Å²) in [7, 11) is -2.93. The highest BCUT2D eigenvalue weighted by atomic mass is 32.2. The average Bonchev–Trinajstić information content (AvgIpc) is 2.25. The Morgan fingerprint density at radius 2 is 2.07 bits per heavy atom. The first-order valence-corrected chi connectivity index (χ1v) is 6.89. The van der Waals surface area contributed by atoms with Gasteiger partial charge in [0.2, 0.25) is 0 Å². The Kier molecular flexibility index (Phi) is 3.40. The van der Waals surface area contributed by atoms with Gasteiger partial charge in [0.1, 0.15) is 0 Å². The minimum atomic E-state index is -2.93. The monoisotopic (exact) mass is 248 g/mol. The van der Waals surface area contributed by atoms with E-state index in [1.807, 2.05) is 20.8 Å². The number of hydrogen-bond donors (Lipinski definition) is 2. The molecule has 0 amide bonds. The number of thiocarbonyl (C=S) groups is 1. The summed E-state index contributed by atoms with van der Waals surface area (Å²) in [6.07, 6.45) is 1.66. The second-order valence-corrected chi connectivity index (χ2v) is 7.13. The Balaban J connectivity index is 2.48. The molecule has 86 valence electrons. The molecule has 0 aliphatic carbocycles. The third kappa shape index (κ3) is 4.61. The Hall–Kier alpha value is -0.620. The van der Waals surface area contributed by atoms with E-state index >= 15 is 0 Å². The minimum Gasteiger partial charge on any atom is -0.358 e. The largest absolute Gasteiger partial charge is 0.358 e. The van der Waals surface area contributed by atoms with Crippen LogP contribution in [0.3, 0.4) is 0 Å². The van der Waals surface area contributed by atoms with Crippen LogP contribution in [0.4, 0.5) is 0 Å². The van der Waals surface area contributed by atoms with E-state index in [0.717, 1.165) is 0 Å². The molecule has 0 aromatic heterocycles. The lowest BCUT2D eigenvalue weighted by atomic mass is 10.1. The van der Waals surface area contributed by atoms with E-state index in [0.29, 0.717) is 10.8 Å². The maximum absolute atomic E-state index is 11.2. The van der Waals surface area contributed by atoms with E-state index in [4.69, 9.17) is 12.2 Å². The molecule has 0 aromatic carbocycles. The first kappa shape index (κ1) is 12.4. The Morgan fingerprint density at radius 3 is 2.47 bits per heavy atom. The lowest BCUT2D eigenvalue weighted by molar-refractivity contribution is 0.509. The van der Waals surface area contributed by atoms with Crippen molar-refractivity contribution in [3.63, 3.8) is 0 Å². The smallest absolute Gasteiger partial charge is 0.170 e. The molecule has 0 spiro atoms. The van der Waals surface area contributed by atoms with Crippen molar-refractivity contribution in [1.82, 2.24) is 10.6 Å². The van der Waals surface area contributed by atoms with Crippen LogP contribution in [0.25, 0.3) is 0 Å². The molecular formula is C9H16N2O2S2. The molecule has 0 unspecified atom stereocenters. The summed E-state index contributed by atoms with van der Waals surface area (Å²) >= 11 is 5.06. The van der Waals surface area contributed by atoms with Crippen LogP contribution >= 0.6 is 12.2 Å². The Morgan fingerprint density at radius 1 is 1.47 bits per heavy atom. The predicted molar refractivity (Wildman–Crippen MR) is 65.4 cm³/mol. The lowest BCUT2D eigenvalue weighted by Crippen LogP contribution is -2.46. The van der Waals surface area contributed by atoms with Gasteiger partial charge in [-0.25, -0.2) is 8.42 Å². The zero-order chi connectivity index (χ0) is 11.7. The highest BCUT2D eigenvalue weighted by molar-refractivity contribution is 7.92. The van der Waals surface area contributed by atoms with Gasteiger partial charge in [0, 0.05) is 11.2 Å². The predicted octanol–water partition coefficient (Wildman–Crippen LogP) is 0.561. The molecule has 0 radical (unpaired) electrons. The molecule has 1 heterocycles. The van der Waals surface area contributed by atoms with Gasteiger partial charge in [-0.05, 0) is 39.1 Å². The quantitative estimate of drug-likeness (QED) is 0.664. The normalized spacial score (nSPS) is 19.5. The highest BCUT2D eigenvalue weighted by Crippen LogP contribution is 2.08. The van der Waals surface area contributed by atoms with Crippen molar-refractivity contribution in [2.45, 2.75) is 26.3 Å². The number of nitrogens with one attached hydrogen (secondary N) is 2. The Labute approximate surface area is 96.0 Å². The zero-order valence-electron chi connectivity index (χ0n) is 9.12. The van der Waals surface area contributed by atoms with Gasteiger partial charge >= 0.3 is 0 Å². The molecule has 0 saturated heterocycles. The maximum Gasteiger partial charge on any atom is 0.170 e. The molecule has 15 heavy (non-hydrogen) atoms. The van der Waals surface area contributed by atoms with Crippen molar-refractivity contribution in [3.8, 4) is 0 Å². The fourth-order valence-electron chi connectivity index (χ4n) is 1.19. The maximum atomic E-state index is 11.2. The summed E-state index contributed by atoms with van der Waals surface area (Å²) in [4.78, 5) is 0. The molecule has 1 aliphatic heterocycles. The summed E-state index contributed by atoms with van der Waals surface area (Å²) < 4.78 is 22.3. The third-order valence-electron chi connectivity index (χ3n) is 1.72. The molecule has 0 fully saturated rings. The molecule has 0 bridgehead atoms. The molecule has 1 rings (SSSR count). The van der Waals surface area contributed by atoms with Crippen molar-refractivity contribution >= 4 is 27.2 Å². The average molecular weight is 248 g/mol. The molecular weight excluding hydrogens is 232 g/mol. The standard InChI is InChI=1S/C9H16N2O2S2/c1-9(2,3)11-8(14)10-7-4-5-15(12,13)6-7/h4H,5-6H2,1-3H3,(H2,10,11,14). The molecule has 0 atom stereocenters.